The largest absolute Gasteiger partial charge is 0.462 e. The number of ether oxygens (including phenoxy) is 5. The van der Waals surface area contributed by atoms with Gasteiger partial charge in [0.25, 0.3) is 0 Å². The molecule has 3 aromatic rings. The first kappa shape index (κ1) is 52.4. The molecule has 0 fully saturated rings. The topological polar surface area (TPSA) is 236 Å². The first-order chi connectivity index (χ1) is 31.0. The summed E-state index contributed by atoms with van der Waals surface area (Å²) in [5, 5.41) is 22.3. The number of aromatic nitrogens is 3. The number of esters is 2. The lowest BCUT2D eigenvalue weighted by atomic mass is 9.83. The molecule has 4 heterocycles. The second-order valence-electron chi connectivity index (χ2n) is 16.9. The highest BCUT2D eigenvalue weighted by molar-refractivity contribution is 5.92. The van der Waals surface area contributed by atoms with E-state index in [1.807, 2.05) is 33.8 Å². The Morgan fingerprint density at radius 2 is 1.62 bits per heavy atom. The standard InChI is InChI=1S/C47H66N4O14/c1-27(17-18-38(56)29(3)44(64-32(6)53)28(2)19-20-51(7)26-52)40(59-9)22-41-31(5)39(58-8)15-12-16-42-48-35(24-61-42)46-50-36(25-63-46)47-49-34(23-62-47)45(60-10)30(4)37(55)14-11-13-33(54)21-43(57)65-41/h11-12,14,16,19-20,23-31,33,38-41,44-45,54,56H,13,15,17-18,21-22H2,1-10H3/t27-,28+,29+,30+,31+,33-,38+,39+,40+,41+,44-,45+/m1/s1. The van der Waals surface area contributed by atoms with Gasteiger partial charge in [-0.05, 0) is 43.8 Å². The van der Waals surface area contributed by atoms with Crippen LogP contribution in [0.15, 0.2) is 62.5 Å². The minimum atomic E-state index is -1.15. The highest BCUT2D eigenvalue weighted by Crippen LogP contribution is 2.32. The number of hydrogen-bond donors (Lipinski definition) is 2. The maximum Gasteiger partial charge on any atom is 0.308 e. The molecule has 12 atom stereocenters. The van der Waals surface area contributed by atoms with Gasteiger partial charge in [-0.3, -0.25) is 19.2 Å². The van der Waals surface area contributed by atoms with E-state index in [9.17, 15) is 29.4 Å². The Labute approximate surface area is 380 Å². The van der Waals surface area contributed by atoms with E-state index in [0.29, 0.717) is 42.8 Å². The zero-order chi connectivity index (χ0) is 47.8. The van der Waals surface area contributed by atoms with Crippen molar-refractivity contribution in [2.45, 2.75) is 123 Å². The number of nitrogens with zero attached hydrogens (tertiary/aromatic N) is 4. The Balaban J connectivity index is 1.55. The van der Waals surface area contributed by atoms with Gasteiger partial charge in [-0.2, -0.15) is 0 Å². The molecule has 3 aromatic heterocycles. The Kier molecular flexibility index (Phi) is 20.5. The molecule has 4 rings (SSSR count). The molecule has 1 aliphatic heterocycles. The zero-order valence-electron chi connectivity index (χ0n) is 39.0. The van der Waals surface area contributed by atoms with Gasteiger partial charge in [0, 0.05) is 65.7 Å². The Bertz CT molecular complexity index is 2060. The molecule has 6 bridgehead atoms. The van der Waals surface area contributed by atoms with Crippen molar-refractivity contribution < 1.29 is 66.3 Å². The molecular formula is C47H66N4O14. The maximum atomic E-state index is 13.5. The number of hydrogen-bond acceptors (Lipinski definition) is 17. The van der Waals surface area contributed by atoms with Crippen LogP contribution >= 0.6 is 0 Å². The van der Waals surface area contributed by atoms with Gasteiger partial charge < -0.3 is 52.0 Å². The number of methoxy groups -OCH3 is 3. The molecule has 0 saturated carbocycles. The number of rotatable bonds is 16. The SMILES string of the molecule is CO[C@H]1CC=Cc2nc(co2)-c2nc(co2)-c2nc(co2)[C@@H](OC)[C@@H](C)C(=O)C=CC[C@@H](O)CC(=O)O[C@@H](C[C@H](OC)[C@H](C)CC[C@H](O)[C@H](C)[C@H](OC(C)=O)[C@@H](C)C=CN(C)C=O)[C@H]1C. The number of aliphatic hydroxyl groups excluding tert-OH is 2. The first-order valence-electron chi connectivity index (χ1n) is 21.9. The average molecular weight is 911 g/mol. The summed E-state index contributed by atoms with van der Waals surface area (Å²) in [6.45, 7) is 10.6. The molecule has 358 valence electrons. The lowest BCUT2D eigenvalue weighted by molar-refractivity contribution is -0.159. The fraction of sp³-hybridized carbons (Fsp3) is 0.596. The molecule has 0 spiro atoms. The monoisotopic (exact) mass is 910 g/mol. The number of oxazole rings is 3. The van der Waals surface area contributed by atoms with Crippen LogP contribution in [0.3, 0.4) is 0 Å². The van der Waals surface area contributed by atoms with Crippen molar-refractivity contribution in [3.63, 3.8) is 0 Å². The number of carbonyl (C=O) groups is 4. The van der Waals surface area contributed by atoms with Crippen LogP contribution < -0.4 is 0 Å². The summed E-state index contributed by atoms with van der Waals surface area (Å²) in [6.07, 6.45) is 10.6. The van der Waals surface area contributed by atoms with Crippen LogP contribution in [-0.4, -0.2) is 119 Å². The summed E-state index contributed by atoms with van der Waals surface area (Å²) in [6, 6.07) is 0. The van der Waals surface area contributed by atoms with Gasteiger partial charge in [0.15, 0.2) is 17.2 Å². The van der Waals surface area contributed by atoms with E-state index in [-0.39, 0.29) is 60.5 Å². The van der Waals surface area contributed by atoms with E-state index in [4.69, 9.17) is 36.9 Å². The summed E-state index contributed by atoms with van der Waals surface area (Å²) in [7, 11) is 6.19. The molecule has 65 heavy (non-hydrogen) atoms. The third-order valence-corrected chi connectivity index (χ3v) is 12.0. The van der Waals surface area contributed by atoms with E-state index in [0.717, 1.165) is 0 Å². The smallest absolute Gasteiger partial charge is 0.308 e. The van der Waals surface area contributed by atoms with Crippen molar-refractivity contribution in [1.29, 1.82) is 0 Å². The van der Waals surface area contributed by atoms with Crippen LogP contribution in [0.1, 0.15) is 97.8 Å². The van der Waals surface area contributed by atoms with E-state index < -0.39 is 66.5 Å². The highest BCUT2D eigenvalue weighted by atomic mass is 16.6. The fourth-order valence-electron chi connectivity index (χ4n) is 7.83. The van der Waals surface area contributed by atoms with Gasteiger partial charge in [0.05, 0.1) is 36.8 Å². The van der Waals surface area contributed by atoms with Crippen molar-refractivity contribution in [1.82, 2.24) is 19.9 Å². The molecule has 2 N–H and O–H groups in total. The summed E-state index contributed by atoms with van der Waals surface area (Å²) in [5.41, 5.74) is 0.991. The van der Waals surface area contributed by atoms with E-state index in [1.165, 1.54) is 49.9 Å². The normalized spacial score (nSPS) is 24.2. The molecule has 18 heteroatoms. The Morgan fingerprint density at radius 3 is 2.29 bits per heavy atom. The van der Waals surface area contributed by atoms with E-state index >= 15 is 0 Å². The number of carbonyl (C=O) groups excluding carboxylic acids is 4. The van der Waals surface area contributed by atoms with E-state index in [2.05, 4.69) is 15.0 Å². The number of allylic oxidation sites excluding steroid dienone is 1. The number of amides is 1. The predicted octanol–water partition coefficient (Wildman–Crippen LogP) is 6.54. The molecule has 0 aliphatic carbocycles. The summed E-state index contributed by atoms with van der Waals surface area (Å²) >= 11 is 0. The van der Waals surface area contributed by atoms with Crippen molar-refractivity contribution >= 4 is 30.2 Å². The second kappa shape index (κ2) is 25.4. The lowest BCUT2D eigenvalue weighted by Gasteiger charge is -2.34. The third-order valence-electron chi connectivity index (χ3n) is 12.0. The Morgan fingerprint density at radius 1 is 0.938 bits per heavy atom. The Hall–Kier alpha value is -5.27. The quantitative estimate of drug-likeness (QED) is 0.115. The minimum absolute atomic E-state index is 0.00353. The molecule has 0 unspecified atom stereocenters. The van der Waals surface area contributed by atoms with Gasteiger partial charge in [-0.25, -0.2) is 15.0 Å². The third kappa shape index (κ3) is 15.1. The number of fused-ring (bicyclic) bond motifs is 8. The predicted molar refractivity (Wildman–Crippen MR) is 236 cm³/mol. The van der Waals surface area contributed by atoms with Crippen LogP contribution in [-0.2, 0) is 42.9 Å². The van der Waals surface area contributed by atoms with Crippen molar-refractivity contribution in [3.8, 4) is 23.2 Å². The van der Waals surface area contributed by atoms with Crippen LogP contribution in [0.5, 0.6) is 0 Å². The maximum absolute atomic E-state index is 13.5. The fourth-order valence-corrected chi connectivity index (χ4v) is 7.83. The second-order valence-corrected chi connectivity index (χ2v) is 16.9. The van der Waals surface area contributed by atoms with E-state index in [1.54, 1.807) is 46.5 Å². The van der Waals surface area contributed by atoms with Gasteiger partial charge in [-0.15, -0.1) is 0 Å². The van der Waals surface area contributed by atoms with Gasteiger partial charge >= 0.3 is 11.9 Å². The van der Waals surface area contributed by atoms with Gasteiger partial charge in [0.2, 0.25) is 24.1 Å². The molecule has 1 amide bonds. The molecular weight excluding hydrogens is 845 g/mol. The summed E-state index contributed by atoms with van der Waals surface area (Å²) in [4.78, 5) is 64.7. The summed E-state index contributed by atoms with van der Waals surface area (Å²) < 4.78 is 46.4. The van der Waals surface area contributed by atoms with Gasteiger partial charge in [-0.1, -0.05) is 52.8 Å². The van der Waals surface area contributed by atoms with Crippen LogP contribution in [0, 0.1) is 29.6 Å². The lowest BCUT2D eigenvalue weighted by Crippen LogP contribution is -2.39. The van der Waals surface area contributed by atoms with Crippen molar-refractivity contribution in [2.75, 3.05) is 28.4 Å². The number of aliphatic hydroxyl groups is 2. The zero-order valence-corrected chi connectivity index (χ0v) is 39.0. The molecule has 0 aromatic carbocycles. The molecule has 0 radical (unpaired) electrons. The number of ketones is 1. The average Bonchev–Trinajstić information content (AvgIpc) is 4.08. The molecule has 1 aliphatic rings. The highest BCUT2D eigenvalue weighted by Gasteiger charge is 2.35. The molecule has 0 saturated heterocycles. The number of cyclic esters (lactones) is 1. The minimum Gasteiger partial charge on any atom is -0.462 e. The first-order valence-corrected chi connectivity index (χ1v) is 21.9. The van der Waals surface area contributed by atoms with Crippen molar-refractivity contribution in [3.05, 3.63) is 60.9 Å². The molecule has 18 nitrogen and oxygen atoms in total. The van der Waals surface area contributed by atoms with Gasteiger partial charge in [0.1, 0.15) is 42.8 Å². The van der Waals surface area contributed by atoms with Crippen LogP contribution in [0.2, 0.25) is 0 Å². The summed E-state index contributed by atoms with van der Waals surface area (Å²) in [5.74, 6) is -2.79. The van der Waals surface area contributed by atoms with Crippen LogP contribution in [0.25, 0.3) is 29.2 Å². The van der Waals surface area contributed by atoms with Crippen LogP contribution in [0.4, 0.5) is 0 Å². The van der Waals surface area contributed by atoms with Crippen molar-refractivity contribution in [2.24, 2.45) is 29.6 Å².